The molecule has 0 amide bonds. The highest BCUT2D eigenvalue weighted by Gasteiger charge is 2.29. The zero-order valence-corrected chi connectivity index (χ0v) is 10.4. The first-order chi connectivity index (χ1) is 7.74. The number of para-hydroxylation sites is 1. The summed E-state index contributed by atoms with van der Waals surface area (Å²) in [6.07, 6.45) is 3.82. The fourth-order valence-electron chi connectivity index (χ4n) is 2.31. The van der Waals surface area contributed by atoms with E-state index in [2.05, 4.69) is 37.4 Å². The van der Waals surface area contributed by atoms with Crippen molar-refractivity contribution in [3.8, 4) is 0 Å². The number of hydrogen-bond acceptors (Lipinski definition) is 2. The summed E-state index contributed by atoms with van der Waals surface area (Å²) in [5.74, 6) is 0. The Hall–Kier alpha value is -1.02. The van der Waals surface area contributed by atoms with E-state index in [1.165, 1.54) is 16.8 Å². The van der Waals surface area contributed by atoms with Crippen molar-refractivity contribution in [1.29, 1.82) is 0 Å². The molecule has 2 nitrogen and oxygen atoms in total. The van der Waals surface area contributed by atoms with Crippen molar-refractivity contribution in [2.45, 2.75) is 45.3 Å². The average Bonchev–Trinajstić information content (AvgIpc) is 2.24. The largest absolute Gasteiger partial charge is 0.382 e. The summed E-state index contributed by atoms with van der Waals surface area (Å²) in [6.45, 7) is 4.38. The van der Waals surface area contributed by atoms with Crippen molar-refractivity contribution in [3.63, 3.8) is 0 Å². The van der Waals surface area contributed by atoms with Crippen molar-refractivity contribution >= 4 is 5.69 Å². The fraction of sp³-hybridized carbons (Fsp3) is 0.571. The lowest BCUT2D eigenvalue weighted by molar-refractivity contribution is 0.0328. The molecule has 1 saturated carbocycles. The summed E-state index contributed by atoms with van der Waals surface area (Å²) in [6, 6.07) is 7.12. The number of anilines is 1. The number of rotatable bonds is 4. The number of nitrogens with one attached hydrogen (secondary N) is 1. The van der Waals surface area contributed by atoms with Crippen LogP contribution in [0.3, 0.4) is 0 Å². The van der Waals surface area contributed by atoms with Crippen LogP contribution in [-0.2, 0) is 11.2 Å². The molecular weight excluding hydrogens is 198 g/mol. The number of aryl methyl sites for hydroxylation is 2. The highest BCUT2D eigenvalue weighted by atomic mass is 16.5. The molecule has 1 aromatic rings. The fourth-order valence-corrected chi connectivity index (χ4v) is 2.31. The molecule has 1 aliphatic carbocycles. The number of methoxy groups -OCH3 is 1. The molecule has 2 heteroatoms. The van der Waals surface area contributed by atoms with Gasteiger partial charge in [-0.25, -0.2) is 0 Å². The van der Waals surface area contributed by atoms with E-state index in [-0.39, 0.29) is 0 Å². The molecule has 88 valence electrons. The Kier molecular flexibility index (Phi) is 3.49. The molecule has 1 N–H and O–H groups in total. The Balaban J connectivity index is 2.04. The summed E-state index contributed by atoms with van der Waals surface area (Å²) < 4.78 is 5.30. The van der Waals surface area contributed by atoms with E-state index in [9.17, 15) is 0 Å². The maximum Gasteiger partial charge on any atom is 0.0610 e. The van der Waals surface area contributed by atoms with Crippen LogP contribution in [0.4, 0.5) is 5.69 Å². The van der Waals surface area contributed by atoms with Gasteiger partial charge in [-0.3, -0.25) is 0 Å². The summed E-state index contributed by atoms with van der Waals surface area (Å²) in [4.78, 5) is 0. The second kappa shape index (κ2) is 4.88. The zero-order chi connectivity index (χ0) is 11.5. The van der Waals surface area contributed by atoms with E-state index in [1.807, 2.05) is 0 Å². The van der Waals surface area contributed by atoms with Gasteiger partial charge in [-0.2, -0.15) is 0 Å². The molecule has 16 heavy (non-hydrogen) atoms. The van der Waals surface area contributed by atoms with E-state index in [0.717, 1.165) is 19.3 Å². The minimum Gasteiger partial charge on any atom is -0.382 e. The molecule has 0 atom stereocenters. The van der Waals surface area contributed by atoms with Gasteiger partial charge in [-0.05, 0) is 37.3 Å². The molecule has 0 unspecified atom stereocenters. The third kappa shape index (κ3) is 2.22. The van der Waals surface area contributed by atoms with Crippen LogP contribution in [0, 0.1) is 6.92 Å². The van der Waals surface area contributed by atoms with Crippen LogP contribution in [0.2, 0.25) is 0 Å². The van der Waals surface area contributed by atoms with Gasteiger partial charge in [0.15, 0.2) is 0 Å². The summed E-state index contributed by atoms with van der Waals surface area (Å²) in [5.41, 5.74) is 4.10. The first-order valence-corrected chi connectivity index (χ1v) is 6.12. The van der Waals surface area contributed by atoms with E-state index >= 15 is 0 Å². The molecular formula is C14H21NO. The Morgan fingerprint density at radius 2 is 2.12 bits per heavy atom. The van der Waals surface area contributed by atoms with Gasteiger partial charge in [-0.1, -0.05) is 25.1 Å². The highest BCUT2D eigenvalue weighted by Crippen LogP contribution is 2.29. The number of ether oxygens (including phenoxy) is 1. The Labute approximate surface area is 98.0 Å². The maximum absolute atomic E-state index is 5.30. The Morgan fingerprint density at radius 1 is 1.38 bits per heavy atom. The van der Waals surface area contributed by atoms with Crippen molar-refractivity contribution < 1.29 is 4.74 Å². The molecule has 0 bridgehead atoms. The molecule has 0 heterocycles. The molecule has 0 saturated heterocycles. The Bertz CT molecular complexity index is 356. The normalized spacial score (nSPS) is 23.9. The predicted molar refractivity (Wildman–Crippen MR) is 68.0 cm³/mol. The van der Waals surface area contributed by atoms with Crippen LogP contribution in [0.5, 0.6) is 0 Å². The standard InChI is InChI=1S/C14H21NO/c1-4-11-7-5-6-10(2)14(11)15-12-8-13(9-12)16-3/h5-7,12-13,15H,4,8-9H2,1-3H3. The van der Waals surface area contributed by atoms with Gasteiger partial charge in [0.25, 0.3) is 0 Å². The zero-order valence-electron chi connectivity index (χ0n) is 10.4. The highest BCUT2D eigenvalue weighted by molar-refractivity contribution is 5.58. The summed E-state index contributed by atoms with van der Waals surface area (Å²) in [7, 11) is 1.80. The van der Waals surface area contributed by atoms with Gasteiger partial charge in [0, 0.05) is 18.8 Å². The summed E-state index contributed by atoms with van der Waals surface area (Å²) in [5, 5.41) is 3.65. The summed E-state index contributed by atoms with van der Waals surface area (Å²) >= 11 is 0. The van der Waals surface area contributed by atoms with Gasteiger partial charge >= 0.3 is 0 Å². The first-order valence-electron chi connectivity index (χ1n) is 6.12. The lowest BCUT2D eigenvalue weighted by Gasteiger charge is -2.36. The first kappa shape index (κ1) is 11.5. The quantitative estimate of drug-likeness (QED) is 0.840. The van der Waals surface area contributed by atoms with Crippen LogP contribution >= 0.6 is 0 Å². The number of benzene rings is 1. The molecule has 1 aromatic carbocycles. The predicted octanol–water partition coefficient (Wildman–Crippen LogP) is 3.15. The third-order valence-electron chi connectivity index (χ3n) is 3.52. The topological polar surface area (TPSA) is 21.3 Å². The lowest BCUT2D eigenvalue weighted by Crippen LogP contribution is -2.40. The van der Waals surface area contributed by atoms with Crippen molar-refractivity contribution in [3.05, 3.63) is 29.3 Å². The number of hydrogen-bond donors (Lipinski definition) is 1. The van der Waals surface area contributed by atoms with E-state index in [1.54, 1.807) is 7.11 Å². The van der Waals surface area contributed by atoms with Crippen molar-refractivity contribution in [2.75, 3.05) is 12.4 Å². The van der Waals surface area contributed by atoms with E-state index in [4.69, 9.17) is 4.74 Å². The molecule has 0 aliphatic heterocycles. The maximum atomic E-state index is 5.30. The smallest absolute Gasteiger partial charge is 0.0610 e. The molecule has 1 aliphatic rings. The average molecular weight is 219 g/mol. The van der Waals surface area contributed by atoms with Gasteiger partial charge in [0.05, 0.1) is 6.10 Å². The molecule has 0 spiro atoms. The minimum absolute atomic E-state index is 0.464. The molecule has 0 radical (unpaired) electrons. The van der Waals surface area contributed by atoms with Gasteiger partial charge in [0.2, 0.25) is 0 Å². The second-order valence-electron chi connectivity index (χ2n) is 4.63. The lowest BCUT2D eigenvalue weighted by atomic mass is 9.88. The second-order valence-corrected chi connectivity index (χ2v) is 4.63. The van der Waals surface area contributed by atoms with E-state index in [0.29, 0.717) is 12.1 Å². The SMILES string of the molecule is CCc1cccc(C)c1NC1CC(OC)C1. The van der Waals surface area contributed by atoms with Crippen LogP contribution in [0.25, 0.3) is 0 Å². The van der Waals surface area contributed by atoms with Crippen LogP contribution in [-0.4, -0.2) is 19.3 Å². The van der Waals surface area contributed by atoms with Crippen LogP contribution in [0.1, 0.15) is 30.9 Å². The van der Waals surface area contributed by atoms with Gasteiger partial charge in [-0.15, -0.1) is 0 Å². The minimum atomic E-state index is 0.464. The van der Waals surface area contributed by atoms with Gasteiger partial charge in [0.1, 0.15) is 0 Å². The monoisotopic (exact) mass is 219 g/mol. The molecule has 2 rings (SSSR count). The molecule has 0 aromatic heterocycles. The van der Waals surface area contributed by atoms with Gasteiger partial charge < -0.3 is 10.1 Å². The Morgan fingerprint density at radius 3 is 2.75 bits per heavy atom. The molecule has 1 fully saturated rings. The van der Waals surface area contributed by atoms with E-state index < -0.39 is 0 Å². The van der Waals surface area contributed by atoms with Crippen LogP contribution < -0.4 is 5.32 Å². The van der Waals surface area contributed by atoms with Crippen molar-refractivity contribution in [2.24, 2.45) is 0 Å². The van der Waals surface area contributed by atoms with Crippen LogP contribution in [0.15, 0.2) is 18.2 Å². The third-order valence-corrected chi connectivity index (χ3v) is 3.52. The van der Waals surface area contributed by atoms with Crippen molar-refractivity contribution in [1.82, 2.24) is 0 Å².